The molecule has 1 aliphatic heterocycles. The number of halogens is 6. The molecule has 3 nitrogen and oxygen atoms in total. The Morgan fingerprint density at radius 2 is 1.77 bits per heavy atom. The molecule has 1 aliphatic carbocycles. The van der Waals surface area contributed by atoms with Gasteiger partial charge in [0, 0.05) is 39.4 Å². The van der Waals surface area contributed by atoms with Crippen molar-refractivity contribution in [3.8, 4) is 0 Å². The number of hydrogen-bond donors (Lipinski definition) is 0. The summed E-state index contributed by atoms with van der Waals surface area (Å²) < 4.78 is 42.4. The molecule has 0 radical (unpaired) electrons. The number of hydrogen-bond acceptors (Lipinski definition) is 3. The molecule has 0 N–H and O–H groups in total. The van der Waals surface area contributed by atoms with Crippen molar-refractivity contribution in [2.75, 3.05) is 0 Å². The fourth-order valence-corrected chi connectivity index (χ4v) is 4.40. The molecule has 1 atom stereocenters. The zero-order valence-electron chi connectivity index (χ0n) is 16.1. The van der Waals surface area contributed by atoms with Crippen molar-refractivity contribution in [2.45, 2.75) is 43.9 Å². The highest BCUT2D eigenvalue weighted by Gasteiger charge is 2.62. The molecule has 4 rings (SSSR count). The van der Waals surface area contributed by atoms with Gasteiger partial charge in [-0.25, -0.2) is 0 Å². The van der Waals surface area contributed by atoms with E-state index >= 15 is 0 Å². The molecule has 0 amide bonds. The van der Waals surface area contributed by atoms with Gasteiger partial charge in [0.25, 0.3) is 5.60 Å². The van der Waals surface area contributed by atoms with Crippen LogP contribution < -0.4 is 0 Å². The fraction of sp³-hybridized carbons (Fsp3) is 0.364. The van der Waals surface area contributed by atoms with E-state index < -0.39 is 18.2 Å². The minimum absolute atomic E-state index is 0.0669. The summed E-state index contributed by atoms with van der Waals surface area (Å²) in [6.07, 6.45) is -2.69. The van der Waals surface area contributed by atoms with Crippen LogP contribution in [0.25, 0.3) is 0 Å². The van der Waals surface area contributed by atoms with Crippen LogP contribution in [-0.2, 0) is 21.7 Å². The number of Topliss-reactive ketones (excluding diaryl/α,β-unsaturated/α-hetero) is 1. The molecule has 1 heterocycles. The van der Waals surface area contributed by atoms with Crippen LogP contribution in [0.1, 0.15) is 42.4 Å². The van der Waals surface area contributed by atoms with Gasteiger partial charge in [-0.1, -0.05) is 46.0 Å². The van der Waals surface area contributed by atoms with Gasteiger partial charge in [0.15, 0.2) is 0 Å². The van der Waals surface area contributed by atoms with Gasteiger partial charge in [-0.3, -0.25) is 4.79 Å². The summed E-state index contributed by atoms with van der Waals surface area (Å²) in [5.74, 6) is 0.337. The number of alkyl halides is 3. The summed E-state index contributed by atoms with van der Waals surface area (Å²) in [5.41, 5.74) is -1.65. The number of oxime groups is 1. The zero-order chi connectivity index (χ0) is 22.4. The fourth-order valence-electron chi connectivity index (χ4n) is 3.66. The highest BCUT2D eigenvalue weighted by atomic mass is 35.5. The summed E-state index contributed by atoms with van der Waals surface area (Å²) in [6.45, 7) is 0. The van der Waals surface area contributed by atoms with Crippen LogP contribution in [0.2, 0.25) is 15.1 Å². The molecule has 9 heteroatoms. The van der Waals surface area contributed by atoms with Crippen LogP contribution in [-0.4, -0.2) is 17.7 Å². The standard InChI is InChI=1S/C22H17Cl3F3NO2/c23-16-8-15(9-17(24)10-16)21(22(26,27)28)11-19(29-31-21)14-3-5-18(25)13(7-14)4-6-20(30)12-1-2-12/h3,5,7-10,12H,1-2,4,6,11H2. The molecular formula is C22H17Cl3F3NO2. The van der Waals surface area contributed by atoms with E-state index in [1.807, 2.05) is 0 Å². The van der Waals surface area contributed by atoms with E-state index in [9.17, 15) is 18.0 Å². The Labute approximate surface area is 192 Å². The molecule has 2 aromatic carbocycles. The molecule has 164 valence electrons. The Kier molecular flexibility index (Phi) is 6.01. The second kappa shape index (κ2) is 8.30. The zero-order valence-corrected chi connectivity index (χ0v) is 18.4. The van der Waals surface area contributed by atoms with E-state index in [0.717, 1.165) is 12.8 Å². The van der Waals surface area contributed by atoms with Gasteiger partial charge in [-0.2, -0.15) is 13.2 Å². The summed E-state index contributed by atoms with van der Waals surface area (Å²) >= 11 is 18.1. The van der Waals surface area contributed by atoms with Crippen LogP contribution in [0.5, 0.6) is 0 Å². The molecule has 0 bridgehead atoms. The summed E-state index contributed by atoms with van der Waals surface area (Å²) in [4.78, 5) is 17.0. The highest BCUT2D eigenvalue weighted by molar-refractivity contribution is 6.34. The Morgan fingerprint density at radius 3 is 2.39 bits per heavy atom. The number of carbonyl (C=O) groups is 1. The van der Waals surface area contributed by atoms with Crippen molar-refractivity contribution in [3.63, 3.8) is 0 Å². The van der Waals surface area contributed by atoms with Gasteiger partial charge in [0.2, 0.25) is 0 Å². The average molecular weight is 491 g/mol. The van der Waals surface area contributed by atoms with Crippen LogP contribution in [0.4, 0.5) is 13.2 Å². The summed E-state index contributed by atoms with van der Waals surface area (Å²) in [5, 5.41) is 4.35. The lowest BCUT2D eigenvalue weighted by molar-refractivity contribution is -0.275. The first-order valence-corrected chi connectivity index (χ1v) is 10.8. The lowest BCUT2D eigenvalue weighted by atomic mass is 9.86. The van der Waals surface area contributed by atoms with E-state index in [-0.39, 0.29) is 33.0 Å². The highest BCUT2D eigenvalue weighted by Crippen LogP contribution is 2.49. The van der Waals surface area contributed by atoms with Crippen LogP contribution in [0.15, 0.2) is 41.6 Å². The quantitative estimate of drug-likeness (QED) is 0.432. The Morgan fingerprint density at radius 1 is 1.10 bits per heavy atom. The van der Waals surface area contributed by atoms with Gasteiger partial charge >= 0.3 is 6.18 Å². The first-order chi connectivity index (χ1) is 14.6. The lowest BCUT2D eigenvalue weighted by Gasteiger charge is -2.29. The van der Waals surface area contributed by atoms with Gasteiger partial charge in [0.05, 0.1) is 5.71 Å². The average Bonchev–Trinajstić information content (AvgIpc) is 3.43. The Hall–Kier alpha value is -1.76. The van der Waals surface area contributed by atoms with Gasteiger partial charge < -0.3 is 4.84 Å². The minimum atomic E-state index is -4.77. The van der Waals surface area contributed by atoms with Crippen molar-refractivity contribution in [2.24, 2.45) is 11.1 Å². The second-order valence-electron chi connectivity index (χ2n) is 7.84. The maximum absolute atomic E-state index is 14.1. The van der Waals surface area contributed by atoms with Gasteiger partial charge in [-0.05, 0) is 60.7 Å². The predicted molar refractivity (Wildman–Crippen MR) is 114 cm³/mol. The monoisotopic (exact) mass is 489 g/mol. The third-order valence-corrected chi connectivity index (χ3v) is 6.37. The van der Waals surface area contributed by atoms with E-state index in [0.29, 0.717) is 29.0 Å². The molecule has 0 aromatic heterocycles. The largest absolute Gasteiger partial charge is 0.435 e. The summed E-state index contributed by atoms with van der Waals surface area (Å²) in [6, 6.07) is 8.56. The van der Waals surface area contributed by atoms with Crippen LogP contribution >= 0.6 is 34.8 Å². The van der Waals surface area contributed by atoms with Crippen molar-refractivity contribution >= 4 is 46.3 Å². The number of rotatable bonds is 6. The predicted octanol–water partition coefficient (Wildman–Crippen LogP) is 7.14. The van der Waals surface area contributed by atoms with Crippen molar-refractivity contribution in [3.05, 3.63) is 68.2 Å². The van der Waals surface area contributed by atoms with Gasteiger partial charge in [0.1, 0.15) is 5.78 Å². The smallest absolute Gasteiger partial charge is 0.374 e. The molecule has 1 saturated carbocycles. The first-order valence-electron chi connectivity index (χ1n) is 9.69. The number of ketones is 1. The Balaban J connectivity index is 1.61. The molecule has 31 heavy (non-hydrogen) atoms. The van der Waals surface area contributed by atoms with Crippen molar-refractivity contribution in [1.29, 1.82) is 0 Å². The van der Waals surface area contributed by atoms with E-state index in [2.05, 4.69) is 5.16 Å². The lowest BCUT2D eigenvalue weighted by Crippen LogP contribution is -2.42. The van der Waals surface area contributed by atoms with Crippen molar-refractivity contribution < 1.29 is 22.8 Å². The van der Waals surface area contributed by atoms with E-state index in [1.165, 1.54) is 18.2 Å². The normalized spacial score (nSPS) is 21.0. The van der Waals surface area contributed by atoms with Crippen molar-refractivity contribution in [1.82, 2.24) is 0 Å². The number of carbonyl (C=O) groups excluding carboxylic acids is 1. The number of nitrogens with zero attached hydrogens (tertiary/aromatic N) is 1. The molecule has 0 saturated heterocycles. The maximum atomic E-state index is 14.1. The van der Waals surface area contributed by atoms with Crippen LogP contribution in [0.3, 0.4) is 0 Å². The third-order valence-electron chi connectivity index (χ3n) is 5.57. The Bertz CT molecular complexity index is 1050. The SMILES string of the molecule is O=C(CCc1cc(C2=NOC(c3cc(Cl)cc(Cl)c3)(C(F)(F)F)C2)ccc1Cl)C1CC1. The van der Waals surface area contributed by atoms with Gasteiger partial charge in [-0.15, -0.1) is 0 Å². The summed E-state index contributed by atoms with van der Waals surface area (Å²) in [7, 11) is 0. The first kappa shape index (κ1) is 22.4. The molecule has 0 spiro atoms. The maximum Gasteiger partial charge on any atom is 0.435 e. The number of benzene rings is 2. The molecule has 1 fully saturated rings. The molecule has 1 unspecified atom stereocenters. The molecule has 2 aliphatic rings. The number of aryl methyl sites for hydroxylation is 1. The second-order valence-corrected chi connectivity index (χ2v) is 9.12. The minimum Gasteiger partial charge on any atom is -0.374 e. The third kappa shape index (κ3) is 4.57. The van der Waals surface area contributed by atoms with E-state index in [1.54, 1.807) is 18.2 Å². The van der Waals surface area contributed by atoms with Crippen LogP contribution in [0, 0.1) is 5.92 Å². The molecular weight excluding hydrogens is 474 g/mol. The topological polar surface area (TPSA) is 38.7 Å². The van der Waals surface area contributed by atoms with E-state index in [4.69, 9.17) is 39.6 Å². The molecule has 2 aromatic rings.